The molecule has 9 heteroatoms. The molecule has 25 heavy (non-hydrogen) atoms. The van der Waals surface area contributed by atoms with Crippen molar-refractivity contribution in [3.8, 4) is 5.69 Å². The molecule has 7 nitrogen and oxygen atoms in total. The van der Waals surface area contributed by atoms with Gasteiger partial charge in [-0.25, -0.2) is 4.98 Å². The molecule has 1 amide bonds. The molecule has 0 aliphatic rings. The van der Waals surface area contributed by atoms with Gasteiger partial charge in [-0.15, -0.1) is 16.4 Å². The molecule has 0 spiro atoms. The highest BCUT2D eigenvalue weighted by atomic mass is 32.2. The highest BCUT2D eigenvalue weighted by molar-refractivity contribution is 7.98. The number of rotatable bonds is 5. The number of aromatic nitrogens is 5. The normalized spacial score (nSPS) is 10.9. The Labute approximate surface area is 154 Å². The first kappa shape index (κ1) is 17.6. The van der Waals surface area contributed by atoms with E-state index < -0.39 is 0 Å². The van der Waals surface area contributed by atoms with Crippen LogP contribution in [0.4, 0.5) is 5.13 Å². The molecule has 0 aliphatic heterocycles. The summed E-state index contributed by atoms with van der Waals surface area (Å²) in [5, 5.41) is 15.3. The summed E-state index contributed by atoms with van der Waals surface area (Å²) in [6, 6.07) is 6.13. The molecule has 3 aromatic rings. The molecule has 130 valence electrons. The average molecular weight is 374 g/mol. The molecule has 0 N–H and O–H groups in total. The van der Waals surface area contributed by atoms with Crippen LogP contribution in [0.15, 0.2) is 28.7 Å². The van der Waals surface area contributed by atoms with Gasteiger partial charge in [-0.1, -0.05) is 17.8 Å². The van der Waals surface area contributed by atoms with E-state index in [-0.39, 0.29) is 5.91 Å². The number of thioether (sulfide) groups is 1. The predicted octanol–water partition coefficient (Wildman–Crippen LogP) is 3.01. The molecular weight excluding hydrogens is 356 g/mol. The quantitative estimate of drug-likeness (QED) is 0.639. The van der Waals surface area contributed by atoms with Crippen molar-refractivity contribution in [2.24, 2.45) is 0 Å². The van der Waals surface area contributed by atoms with Crippen molar-refractivity contribution in [3.05, 3.63) is 40.4 Å². The third kappa shape index (κ3) is 3.88. The van der Waals surface area contributed by atoms with E-state index in [2.05, 4.69) is 46.5 Å². The summed E-state index contributed by atoms with van der Waals surface area (Å²) < 4.78 is 1.73. The van der Waals surface area contributed by atoms with Gasteiger partial charge < -0.3 is 0 Å². The fourth-order valence-corrected chi connectivity index (χ4v) is 3.80. The number of carbonyl (C=O) groups excluding carboxylic acids is 1. The van der Waals surface area contributed by atoms with Crippen molar-refractivity contribution in [2.75, 3.05) is 11.9 Å². The Morgan fingerprint density at radius 3 is 2.84 bits per heavy atom. The molecule has 0 bridgehead atoms. The summed E-state index contributed by atoms with van der Waals surface area (Å²) in [5.41, 5.74) is 4.26. The second-order valence-electron chi connectivity index (χ2n) is 5.63. The smallest absolute Gasteiger partial charge is 0.225 e. The molecule has 0 saturated carbocycles. The Morgan fingerprint density at radius 1 is 1.32 bits per heavy atom. The molecule has 2 aromatic heterocycles. The van der Waals surface area contributed by atoms with Gasteiger partial charge in [-0.2, -0.15) is 4.68 Å². The van der Waals surface area contributed by atoms with E-state index >= 15 is 0 Å². The van der Waals surface area contributed by atoms with Crippen molar-refractivity contribution in [3.63, 3.8) is 0 Å². The minimum absolute atomic E-state index is 0.0350. The third-order valence-electron chi connectivity index (χ3n) is 3.82. The fraction of sp³-hybridized carbons (Fsp3) is 0.312. The lowest BCUT2D eigenvalue weighted by Gasteiger charge is -2.09. The Morgan fingerprint density at radius 2 is 2.12 bits per heavy atom. The maximum Gasteiger partial charge on any atom is 0.225 e. The molecule has 2 heterocycles. The minimum atomic E-state index is -0.0350. The topological polar surface area (TPSA) is 76.8 Å². The fourth-order valence-electron chi connectivity index (χ4n) is 2.08. The van der Waals surface area contributed by atoms with Crippen LogP contribution in [-0.4, -0.2) is 38.1 Å². The standard InChI is InChI=1S/C16H18N6OS2/c1-10-5-6-14(7-11(10)2)22-16(18-19-20-22)25-9-13-8-24-15(17-13)21(4)12(3)23/h5-8H,9H2,1-4H3. The SMILES string of the molecule is CC(=O)N(C)c1nc(CSc2nnnn2-c2ccc(C)c(C)c2)cs1. The van der Waals surface area contributed by atoms with Gasteiger partial charge in [0.2, 0.25) is 11.1 Å². The summed E-state index contributed by atoms with van der Waals surface area (Å²) in [4.78, 5) is 17.4. The first-order chi connectivity index (χ1) is 12.0. The lowest BCUT2D eigenvalue weighted by molar-refractivity contribution is -0.116. The number of nitrogens with zero attached hydrogens (tertiary/aromatic N) is 6. The Bertz CT molecular complexity index is 904. The zero-order valence-electron chi connectivity index (χ0n) is 14.4. The van der Waals surface area contributed by atoms with Crippen molar-refractivity contribution in [1.82, 2.24) is 25.2 Å². The molecular formula is C16H18N6OS2. The number of anilines is 1. The highest BCUT2D eigenvalue weighted by Crippen LogP contribution is 2.26. The van der Waals surface area contributed by atoms with Crippen LogP contribution in [0.3, 0.4) is 0 Å². The predicted molar refractivity (Wildman–Crippen MR) is 99.4 cm³/mol. The number of thiazole rings is 1. The summed E-state index contributed by atoms with van der Waals surface area (Å²) in [6.45, 7) is 5.66. The zero-order chi connectivity index (χ0) is 18.0. The molecule has 0 aliphatic carbocycles. The summed E-state index contributed by atoms with van der Waals surface area (Å²) >= 11 is 2.96. The van der Waals surface area contributed by atoms with Gasteiger partial charge in [-0.05, 0) is 47.5 Å². The van der Waals surface area contributed by atoms with Gasteiger partial charge in [0.25, 0.3) is 0 Å². The minimum Gasteiger partial charge on any atom is -0.292 e. The van der Waals surface area contributed by atoms with Crippen LogP contribution in [0.1, 0.15) is 23.7 Å². The molecule has 0 fully saturated rings. The van der Waals surface area contributed by atoms with Crippen LogP contribution in [0.2, 0.25) is 0 Å². The third-order valence-corrected chi connectivity index (χ3v) is 5.74. The molecule has 0 atom stereocenters. The second kappa shape index (κ2) is 7.32. The summed E-state index contributed by atoms with van der Waals surface area (Å²) in [6.07, 6.45) is 0. The Hall–Kier alpha value is -2.26. The number of hydrogen-bond acceptors (Lipinski definition) is 7. The summed E-state index contributed by atoms with van der Waals surface area (Å²) in [5.74, 6) is 0.597. The van der Waals surface area contributed by atoms with Gasteiger partial charge in [0, 0.05) is 25.1 Å². The van der Waals surface area contributed by atoms with Crippen molar-refractivity contribution in [1.29, 1.82) is 0 Å². The van der Waals surface area contributed by atoms with E-state index in [9.17, 15) is 4.79 Å². The molecule has 3 rings (SSSR count). The summed E-state index contributed by atoms with van der Waals surface area (Å²) in [7, 11) is 1.72. The van der Waals surface area contributed by atoms with Crippen molar-refractivity contribution < 1.29 is 4.79 Å². The number of benzene rings is 1. The zero-order valence-corrected chi connectivity index (χ0v) is 16.1. The van der Waals surface area contributed by atoms with Crippen molar-refractivity contribution in [2.45, 2.75) is 31.7 Å². The number of tetrazole rings is 1. The lowest BCUT2D eigenvalue weighted by Crippen LogP contribution is -2.22. The van der Waals surface area contributed by atoms with Crippen LogP contribution in [0.5, 0.6) is 0 Å². The maximum atomic E-state index is 11.4. The molecule has 0 unspecified atom stereocenters. The highest BCUT2D eigenvalue weighted by Gasteiger charge is 2.13. The van der Waals surface area contributed by atoms with E-state index in [1.807, 2.05) is 11.4 Å². The monoisotopic (exact) mass is 374 g/mol. The Kier molecular flexibility index (Phi) is 5.14. The molecule has 0 radical (unpaired) electrons. The molecule has 0 saturated heterocycles. The largest absolute Gasteiger partial charge is 0.292 e. The van der Waals surface area contributed by atoms with Gasteiger partial charge >= 0.3 is 0 Å². The van der Waals surface area contributed by atoms with E-state index in [1.54, 1.807) is 11.7 Å². The van der Waals surface area contributed by atoms with E-state index in [1.165, 1.54) is 46.0 Å². The van der Waals surface area contributed by atoms with E-state index in [0.717, 1.165) is 11.4 Å². The average Bonchev–Trinajstić information content (AvgIpc) is 3.23. The maximum absolute atomic E-state index is 11.4. The number of hydrogen-bond donors (Lipinski definition) is 0. The second-order valence-corrected chi connectivity index (χ2v) is 7.41. The van der Waals surface area contributed by atoms with Crippen molar-refractivity contribution >= 4 is 34.1 Å². The van der Waals surface area contributed by atoms with Crippen LogP contribution >= 0.6 is 23.1 Å². The molecule has 1 aromatic carbocycles. The van der Waals surface area contributed by atoms with Crippen LogP contribution in [0, 0.1) is 13.8 Å². The number of amides is 1. The van der Waals surface area contributed by atoms with Gasteiger partial charge in [0.15, 0.2) is 5.13 Å². The number of carbonyl (C=O) groups is 1. The first-order valence-corrected chi connectivity index (χ1v) is 9.49. The van der Waals surface area contributed by atoms with Crippen LogP contribution in [0.25, 0.3) is 5.69 Å². The first-order valence-electron chi connectivity index (χ1n) is 7.63. The van der Waals surface area contributed by atoms with Crippen LogP contribution < -0.4 is 4.90 Å². The van der Waals surface area contributed by atoms with Gasteiger partial charge in [0.1, 0.15) is 0 Å². The van der Waals surface area contributed by atoms with Crippen LogP contribution in [-0.2, 0) is 10.5 Å². The number of aryl methyl sites for hydroxylation is 2. The van der Waals surface area contributed by atoms with Gasteiger partial charge in [0.05, 0.1) is 11.4 Å². The Balaban J connectivity index is 1.74. The lowest BCUT2D eigenvalue weighted by atomic mass is 10.1. The van der Waals surface area contributed by atoms with E-state index in [4.69, 9.17) is 0 Å². The van der Waals surface area contributed by atoms with Gasteiger partial charge in [-0.3, -0.25) is 9.69 Å². The van der Waals surface area contributed by atoms with E-state index in [0.29, 0.717) is 16.0 Å².